The van der Waals surface area contributed by atoms with Gasteiger partial charge in [0.15, 0.2) is 0 Å². The minimum Gasteiger partial charge on any atom is -0.348 e. The third-order valence-electron chi connectivity index (χ3n) is 2.23. The molecule has 0 bridgehead atoms. The lowest BCUT2D eigenvalue weighted by Gasteiger charge is -2.05. The smallest absolute Gasteiger partial charge is 0.242 e. The van der Waals surface area contributed by atoms with Gasteiger partial charge in [0, 0.05) is 31.1 Å². The number of hydrogen-bond donors (Lipinski definition) is 2. The van der Waals surface area contributed by atoms with E-state index < -0.39 is 15.8 Å². The molecule has 0 saturated heterocycles. The molecule has 2 rings (SSSR count). The lowest BCUT2D eigenvalue weighted by molar-refractivity contribution is 0.575. The van der Waals surface area contributed by atoms with E-state index in [1.807, 2.05) is 0 Å². The van der Waals surface area contributed by atoms with E-state index in [0.29, 0.717) is 6.42 Å². The number of rotatable bonds is 5. The van der Waals surface area contributed by atoms with Gasteiger partial charge in [-0.2, -0.15) is 0 Å². The van der Waals surface area contributed by atoms with E-state index in [1.54, 1.807) is 6.20 Å². The molecule has 6 nitrogen and oxygen atoms in total. The summed E-state index contributed by atoms with van der Waals surface area (Å²) < 4.78 is 38.8. The van der Waals surface area contributed by atoms with Crippen molar-refractivity contribution in [3.63, 3.8) is 0 Å². The summed E-state index contributed by atoms with van der Waals surface area (Å²) in [6.07, 6.45) is 5.64. The second kappa shape index (κ2) is 5.23. The van der Waals surface area contributed by atoms with Crippen molar-refractivity contribution >= 4 is 10.0 Å². The highest BCUT2D eigenvalue weighted by Gasteiger charge is 2.14. The van der Waals surface area contributed by atoms with E-state index in [0.717, 1.165) is 24.2 Å². The van der Waals surface area contributed by atoms with Crippen LogP contribution in [0.15, 0.2) is 35.9 Å². The molecule has 2 heterocycles. The van der Waals surface area contributed by atoms with Crippen molar-refractivity contribution in [2.24, 2.45) is 0 Å². The number of H-pyrrole nitrogens is 1. The SMILES string of the molecule is O=S(=O)(NCCc1cnc[nH]1)c1cncc(F)c1. The second-order valence-electron chi connectivity index (χ2n) is 3.56. The van der Waals surface area contributed by atoms with Crippen molar-refractivity contribution in [1.82, 2.24) is 19.7 Å². The molecule has 0 aliphatic heterocycles. The maximum Gasteiger partial charge on any atom is 0.242 e. The number of nitrogens with one attached hydrogen (secondary N) is 2. The molecule has 0 fully saturated rings. The predicted octanol–water partition coefficient (Wildman–Crippen LogP) is 0.465. The summed E-state index contributed by atoms with van der Waals surface area (Å²) in [7, 11) is -3.72. The van der Waals surface area contributed by atoms with Crippen molar-refractivity contribution in [2.45, 2.75) is 11.3 Å². The lowest BCUT2D eigenvalue weighted by Crippen LogP contribution is -2.26. The Morgan fingerprint density at radius 2 is 2.11 bits per heavy atom. The van der Waals surface area contributed by atoms with E-state index in [2.05, 4.69) is 19.7 Å². The van der Waals surface area contributed by atoms with Crippen LogP contribution in [0.25, 0.3) is 0 Å². The zero-order valence-corrected chi connectivity index (χ0v) is 10.1. The molecule has 2 aromatic heterocycles. The Balaban J connectivity index is 1.99. The van der Waals surface area contributed by atoms with Gasteiger partial charge in [0.2, 0.25) is 10.0 Å². The summed E-state index contributed by atoms with van der Waals surface area (Å²) in [6, 6.07) is 0.922. The second-order valence-corrected chi connectivity index (χ2v) is 5.33. The monoisotopic (exact) mass is 270 g/mol. The van der Waals surface area contributed by atoms with Crippen molar-refractivity contribution in [2.75, 3.05) is 6.54 Å². The van der Waals surface area contributed by atoms with Gasteiger partial charge in [-0.3, -0.25) is 4.98 Å². The molecular weight excluding hydrogens is 259 g/mol. The maximum atomic E-state index is 12.9. The van der Waals surface area contributed by atoms with Crippen LogP contribution in [0.5, 0.6) is 0 Å². The normalized spacial score (nSPS) is 11.6. The Kier molecular flexibility index (Phi) is 3.68. The van der Waals surface area contributed by atoms with Crippen molar-refractivity contribution in [3.05, 3.63) is 42.5 Å². The summed E-state index contributed by atoms with van der Waals surface area (Å²) in [6.45, 7) is 0.195. The Hall–Kier alpha value is -1.80. The molecule has 0 saturated carbocycles. The number of aromatic nitrogens is 3. The molecule has 96 valence electrons. The Bertz CT molecular complexity index is 613. The molecule has 2 N–H and O–H groups in total. The molecule has 0 aliphatic rings. The summed E-state index contributed by atoms with van der Waals surface area (Å²) in [4.78, 5) is 9.98. The molecule has 0 spiro atoms. The molecule has 0 aromatic carbocycles. The number of imidazole rings is 1. The third-order valence-corrected chi connectivity index (χ3v) is 3.66. The average Bonchev–Trinajstić information content (AvgIpc) is 2.82. The maximum absolute atomic E-state index is 12.9. The summed E-state index contributed by atoms with van der Waals surface area (Å²) >= 11 is 0. The van der Waals surface area contributed by atoms with Gasteiger partial charge in [-0.05, 0) is 6.07 Å². The lowest BCUT2D eigenvalue weighted by atomic mass is 10.3. The van der Waals surface area contributed by atoms with Gasteiger partial charge in [-0.25, -0.2) is 22.5 Å². The first-order valence-electron chi connectivity index (χ1n) is 5.15. The minimum atomic E-state index is -3.72. The molecule has 18 heavy (non-hydrogen) atoms. The van der Waals surface area contributed by atoms with E-state index >= 15 is 0 Å². The molecule has 0 radical (unpaired) electrons. The summed E-state index contributed by atoms with van der Waals surface area (Å²) in [5.74, 6) is -0.688. The van der Waals surface area contributed by atoms with Crippen LogP contribution in [0.3, 0.4) is 0 Å². The molecule has 8 heteroatoms. The fraction of sp³-hybridized carbons (Fsp3) is 0.200. The minimum absolute atomic E-state index is 0.188. The Morgan fingerprint density at radius 1 is 1.28 bits per heavy atom. The fourth-order valence-corrected chi connectivity index (χ4v) is 2.37. The van der Waals surface area contributed by atoms with Gasteiger partial charge in [-0.15, -0.1) is 0 Å². The summed E-state index contributed by atoms with van der Waals surface area (Å²) in [5, 5.41) is 0. The number of nitrogens with zero attached hydrogens (tertiary/aromatic N) is 2. The first-order chi connectivity index (χ1) is 8.58. The highest BCUT2D eigenvalue weighted by molar-refractivity contribution is 7.89. The van der Waals surface area contributed by atoms with Crippen LogP contribution < -0.4 is 4.72 Å². The van der Waals surface area contributed by atoms with E-state index in [4.69, 9.17) is 0 Å². The topological polar surface area (TPSA) is 87.7 Å². The van der Waals surface area contributed by atoms with Crippen LogP contribution in [0, 0.1) is 5.82 Å². The first kappa shape index (κ1) is 12.7. The molecule has 0 atom stereocenters. The third kappa shape index (κ3) is 3.11. The van der Waals surface area contributed by atoms with Gasteiger partial charge in [-0.1, -0.05) is 0 Å². The number of halogens is 1. The zero-order chi connectivity index (χ0) is 13.0. The quantitative estimate of drug-likeness (QED) is 0.826. The molecular formula is C10H11FN4O2S. The standard InChI is InChI=1S/C10H11FN4O2S/c11-8-3-10(6-12-4-8)18(16,17)15-2-1-9-5-13-7-14-9/h3-7,15H,1-2H2,(H,13,14). The highest BCUT2D eigenvalue weighted by Crippen LogP contribution is 2.08. The van der Waals surface area contributed by atoms with Crippen LogP contribution in [0.4, 0.5) is 4.39 Å². The van der Waals surface area contributed by atoms with E-state index in [-0.39, 0.29) is 11.4 Å². The molecule has 0 unspecified atom stereocenters. The van der Waals surface area contributed by atoms with E-state index in [1.165, 1.54) is 6.33 Å². The van der Waals surface area contributed by atoms with Crippen LogP contribution in [-0.4, -0.2) is 29.9 Å². The van der Waals surface area contributed by atoms with Crippen molar-refractivity contribution in [1.29, 1.82) is 0 Å². The highest BCUT2D eigenvalue weighted by atomic mass is 32.2. The Labute approximate surface area is 103 Å². The van der Waals surface area contributed by atoms with Crippen LogP contribution in [0.1, 0.15) is 5.69 Å². The van der Waals surface area contributed by atoms with Gasteiger partial charge in [0.25, 0.3) is 0 Å². The van der Waals surface area contributed by atoms with Crippen LogP contribution in [0.2, 0.25) is 0 Å². The average molecular weight is 270 g/mol. The van der Waals surface area contributed by atoms with Gasteiger partial charge in [0.1, 0.15) is 10.7 Å². The van der Waals surface area contributed by atoms with Crippen LogP contribution in [-0.2, 0) is 16.4 Å². The van der Waals surface area contributed by atoms with Crippen molar-refractivity contribution in [3.8, 4) is 0 Å². The van der Waals surface area contributed by atoms with Crippen molar-refractivity contribution < 1.29 is 12.8 Å². The fourth-order valence-electron chi connectivity index (χ4n) is 1.36. The predicted molar refractivity (Wildman–Crippen MR) is 61.7 cm³/mol. The largest absolute Gasteiger partial charge is 0.348 e. The summed E-state index contributed by atoms with van der Waals surface area (Å²) in [5.41, 5.74) is 0.815. The number of hydrogen-bond acceptors (Lipinski definition) is 4. The van der Waals surface area contributed by atoms with Crippen LogP contribution >= 0.6 is 0 Å². The van der Waals surface area contributed by atoms with E-state index in [9.17, 15) is 12.8 Å². The first-order valence-corrected chi connectivity index (χ1v) is 6.64. The molecule has 0 aliphatic carbocycles. The number of sulfonamides is 1. The Morgan fingerprint density at radius 3 is 2.78 bits per heavy atom. The van der Waals surface area contributed by atoms with Gasteiger partial charge < -0.3 is 4.98 Å². The van der Waals surface area contributed by atoms with Gasteiger partial charge >= 0.3 is 0 Å². The molecule has 0 amide bonds. The zero-order valence-electron chi connectivity index (χ0n) is 9.30. The number of aromatic amines is 1. The van der Waals surface area contributed by atoms with Gasteiger partial charge in [0.05, 0.1) is 12.5 Å². The number of pyridine rings is 1. The molecule has 2 aromatic rings.